The van der Waals surface area contributed by atoms with Crippen LogP contribution in [-0.4, -0.2) is 24.3 Å². The van der Waals surface area contributed by atoms with Crippen molar-refractivity contribution in [2.75, 3.05) is 7.11 Å². The van der Waals surface area contributed by atoms with E-state index in [9.17, 15) is 9.90 Å². The maximum atomic E-state index is 11.1. The second-order valence-electron chi connectivity index (χ2n) is 3.51. The number of ether oxygens (including phenoxy) is 1. The van der Waals surface area contributed by atoms with Crippen molar-refractivity contribution < 1.29 is 14.6 Å². The zero-order valence-corrected chi connectivity index (χ0v) is 10.2. The Balaban J connectivity index is 4.20. The van der Waals surface area contributed by atoms with E-state index in [1.54, 1.807) is 6.92 Å². The number of esters is 1. The van der Waals surface area contributed by atoms with Crippen molar-refractivity contribution in [3.05, 3.63) is 12.2 Å². The van der Waals surface area contributed by atoms with E-state index in [1.165, 1.54) is 7.11 Å². The normalized spacial score (nSPS) is 14.0. The third-order valence-corrected chi connectivity index (χ3v) is 2.19. The summed E-state index contributed by atoms with van der Waals surface area (Å²) in [7, 11) is 1.36. The highest BCUT2D eigenvalue weighted by Crippen LogP contribution is 2.07. The first kappa shape index (κ1) is 14.7. The molecule has 0 aliphatic rings. The lowest BCUT2D eigenvalue weighted by molar-refractivity contribution is -0.140. The molecule has 2 atom stereocenters. The van der Waals surface area contributed by atoms with Crippen LogP contribution in [0.1, 0.15) is 33.1 Å². The van der Waals surface area contributed by atoms with Gasteiger partial charge in [0.1, 0.15) is 0 Å². The van der Waals surface area contributed by atoms with Gasteiger partial charge in [-0.25, -0.2) is 0 Å². The number of rotatable bonds is 6. The summed E-state index contributed by atoms with van der Waals surface area (Å²) in [6.45, 7) is 3.66. The molecule has 3 heteroatoms. The Hall–Kier alpha value is -1.27. The van der Waals surface area contributed by atoms with E-state index in [0.29, 0.717) is 6.42 Å². The van der Waals surface area contributed by atoms with E-state index in [2.05, 4.69) is 16.6 Å². The second-order valence-corrected chi connectivity index (χ2v) is 3.51. The molecule has 0 bridgehead atoms. The van der Waals surface area contributed by atoms with Gasteiger partial charge in [0.15, 0.2) is 0 Å². The number of allylic oxidation sites excluding steroid dienone is 1. The first-order chi connectivity index (χ1) is 7.63. The van der Waals surface area contributed by atoms with Crippen molar-refractivity contribution in [2.45, 2.75) is 39.2 Å². The Labute approximate surface area is 97.5 Å². The lowest BCUT2D eigenvalue weighted by Crippen LogP contribution is -2.07. The molecule has 16 heavy (non-hydrogen) atoms. The fourth-order valence-corrected chi connectivity index (χ4v) is 1.18. The van der Waals surface area contributed by atoms with Crippen LogP contribution in [0.2, 0.25) is 0 Å². The van der Waals surface area contributed by atoms with Gasteiger partial charge in [0, 0.05) is 5.92 Å². The minimum Gasteiger partial charge on any atom is -0.469 e. The van der Waals surface area contributed by atoms with Gasteiger partial charge >= 0.3 is 5.97 Å². The van der Waals surface area contributed by atoms with Gasteiger partial charge in [0.25, 0.3) is 0 Å². The van der Waals surface area contributed by atoms with Crippen LogP contribution in [0.4, 0.5) is 0 Å². The average Bonchev–Trinajstić information content (AvgIpc) is 2.28. The summed E-state index contributed by atoms with van der Waals surface area (Å²) in [5.41, 5.74) is 0. The Bertz CT molecular complexity index is 283. The standard InChI is InChI=1S/C13H20O3/c1-4-7-11(10-13(15)16-3)8-6-9-12(14)5-2/h6,8,11-12,14H,5,9-10H2,1-3H3/b8-6+. The summed E-state index contributed by atoms with van der Waals surface area (Å²) >= 11 is 0. The van der Waals surface area contributed by atoms with E-state index in [-0.39, 0.29) is 24.4 Å². The van der Waals surface area contributed by atoms with Crippen LogP contribution in [0.3, 0.4) is 0 Å². The molecule has 0 aromatic heterocycles. The largest absolute Gasteiger partial charge is 0.469 e. The van der Waals surface area contributed by atoms with Crippen molar-refractivity contribution in [2.24, 2.45) is 5.92 Å². The van der Waals surface area contributed by atoms with Gasteiger partial charge in [0.2, 0.25) is 0 Å². The molecule has 0 saturated carbocycles. The maximum Gasteiger partial charge on any atom is 0.307 e. The summed E-state index contributed by atoms with van der Waals surface area (Å²) in [6, 6.07) is 0. The topological polar surface area (TPSA) is 46.5 Å². The van der Waals surface area contributed by atoms with Crippen LogP contribution in [-0.2, 0) is 9.53 Å². The Morgan fingerprint density at radius 2 is 2.25 bits per heavy atom. The Kier molecular flexibility index (Phi) is 8.28. The fourth-order valence-electron chi connectivity index (χ4n) is 1.18. The smallest absolute Gasteiger partial charge is 0.307 e. The number of aliphatic hydroxyl groups is 1. The van der Waals surface area contributed by atoms with Gasteiger partial charge in [-0.3, -0.25) is 4.79 Å². The van der Waals surface area contributed by atoms with Crippen molar-refractivity contribution in [1.82, 2.24) is 0 Å². The Morgan fingerprint density at radius 3 is 2.75 bits per heavy atom. The highest BCUT2D eigenvalue weighted by molar-refractivity contribution is 5.70. The van der Waals surface area contributed by atoms with Gasteiger partial charge in [-0.15, -0.1) is 5.92 Å². The van der Waals surface area contributed by atoms with E-state index in [1.807, 2.05) is 19.1 Å². The maximum absolute atomic E-state index is 11.1. The van der Waals surface area contributed by atoms with Gasteiger partial charge in [-0.2, -0.15) is 0 Å². The molecular formula is C13H20O3. The zero-order chi connectivity index (χ0) is 12.4. The van der Waals surface area contributed by atoms with Crippen LogP contribution in [0, 0.1) is 17.8 Å². The van der Waals surface area contributed by atoms with Crippen LogP contribution >= 0.6 is 0 Å². The van der Waals surface area contributed by atoms with Gasteiger partial charge in [-0.05, 0) is 19.8 Å². The van der Waals surface area contributed by atoms with Crippen molar-refractivity contribution in [3.63, 3.8) is 0 Å². The van der Waals surface area contributed by atoms with E-state index in [0.717, 1.165) is 6.42 Å². The zero-order valence-electron chi connectivity index (χ0n) is 10.2. The summed E-state index contributed by atoms with van der Waals surface area (Å²) in [4.78, 5) is 11.1. The second kappa shape index (κ2) is 8.99. The predicted molar refractivity (Wildman–Crippen MR) is 63.6 cm³/mol. The third kappa shape index (κ3) is 7.08. The van der Waals surface area contributed by atoms with Gasteiger partial charge < -0.3 is 9.84 Å². The molecule has 0 aromatic rings. The molecule has 0 amide bonds. The number of aliphatic hydroxyl groups excluding tert-OH is 1. The Morgan fingerprint density at radius 1 is 1.56 bits per heavy atom. The number of hydrogen-bond acceptors (Lipinski definition) is 3. The molecule has 3 nitrogen and oxygen atoms in total. The molecule has 2 unspecified atom stereocenters. The van der Waals surface area contributed by atoms with Crippen molar-refractivity contribution in [3.8, 4) is 11.8 Å². The van der Waals surface area contributed by atoms with Gasteiger partial charge in [0.05, 0.1) is 19.6 Å². The molecule has 0 rings (SSSR count). The minimum absolute atomic E-state index is 0.124. The predicted octanol–water partition coefficient (Wildman–Crippen LogP) is 1.91. The van der Waals surface area contributed by atoms with Gasteiger partial charge in [-0.1, -0.05) is 25.0 Å². The fraction of sp³-hybridized carbons (Fsp3) is 0.615. The summed E-state index contributed by atoms with van der Waals surface area (Å²) < 4.78 is 4.59. The first-order valence-electron chi connectivity index (χ1n) is 5.47. The van der Waals surface area contributed by atoms with Crippen LogP contribution in [0.15, 0.2) is 12.2 Å². The third-order valence-electron chi connectivity index (χ3n) is 2.19. The minimum atomic E-state index is -0.315. The lowest BCUT2D eigenvalue weighted by Gasteiger charge is -2.05. The molecule has 0 heterocycles. The quantitative estimate of drug-likeness (QED) is 0.426. The van der Waals surface area contributed by atoms with Crippen molar-refractivity contribution in [1.29, 1.82) is 0 Å². The molecule has 90 valence electrons. The summed E-state index contributed by atoms with van der Waals surface area (Å²) in [6.07, 6.45) is 4.99. The van der Waals surface area contributed by atoms with E-state index in [4.69, 9.17) is 0 Å². The summed E-state index contributed by atoms with van der Waals surface area (Å²) in [5, 5.41) is 9.35. The van der Waals surface area contributed by atoms with Crippen LogP contribution < -0.4 is 0 Å². The highest BCUT2D eigenvalue weighted by Gasteiger charge is 2.08. The first-order valence-corrected chi connectivity index (χ1v) is 5.47. The van der Waals surface area contributed by atoms with Crippen LogP contribution in [0.25, 0.3) is 0 Å². The SMILES string of the molecule is CC#CC(/C=C/CC(O)CC)CC(=O)OC. The molecule has 0 aliphatic heterocycles. The number of methoxy groups -OCH3 is 1. The average molecular weight is 224 g/mol. The molecular weight excluding hydrogens is 204 g/mol. The number of carbonyl (C=O) groups is 1. The van der Waals surface area contributed by atoms with E-state index >= 15 is 0 Å². The molecule has 0 spiro atoms. The molecule has 0 saturated heterocycles. The van der Waals surface area contributed by atoms with Crippen molar-refractivity contribution >= 4 is 5.97 Å². The monoisotopic (exact) mass is 224 g/mol. The number of hydrogen-bond donors (Lipinski definition) is 1. The van der Waals surface area contributed by atoms with E-state index < -0.39 is 0 Å². The lowest BCUT2D eigenvalue weighted by atomic mass is 10.0. The molecule has 1 N–H and O–H groups in total. The highest BCUT2D eigenvalue weighted by atomic mass is 16.5. The molecule has 0 radical (unpaired) electrons. The van der Waals surface area contributed by atoms with Crippen LogP contribution in [0.5, 0.6) is 0 Å². The number of carbonyl (C=O) groups excluding carboxylic acids is 1. The molecule has 0 aliphatic carbocycles. The molecule has 0 aromatic carbocycles. The molecule has 0 fully saturated rings. The summed E-state index contributed by atoms with van der Waals surface area (Å²) in [5.74, 6) is 5.30.